The molecule has 0 amide bonds. The van der Waals surface area contributed by atoms with E-state index in [0.717, 1.165) is 0 Å². The lowest BCUT2D eigenvalue weighted by Crippen LogP contribution is -1.70. The van der Waals surface area contributed by atoms with Crippen molar-refractivity contribution in [3.05, 3.63) is 11.6 Å². The van der Waals surface area contributed by atoms with Crippen molar-refractivity contribution in [2.24, 2.45) is 0 Å². The van der Waals surface area contributed by atoms with Crippen molar-refractivity contribution in [3.63, 3.8) is 0 Å². The van der Waals surface area contributed by atoms with Crippen LogP contribution in [0.5, 0.6) is 0 Å². The first kappa shape index (κ1) is 15.9. The molecule has 0 aromatic heterocycles. The summed E-state index contributed by atoms with van der Waals surface area (Å²) < 4.78 is 0. The average Bonchev–Trinajstić information content (AvgIpc) is 1.68. The van der Waals surface area contributed by atoms with E-state index in [9.17, 15) is 0 Å². The summed E-state index contributed by atoms with van der Waals surface area (Å²) in [6.07, 6.45) is 4.70. The molecule has 0 heteroatoms. The van der Waals surface area contributed by atoms with E-state index in [-0.39, 0.29) is 14.9 Å². The lowest BCUT2D eigenvalue weighted by molar-refractivity contribution is 0.903. The zero-order chi connectivity index (χ0) is 5.70. The molecule has 0 saturated heterocycles. The Labute approximate surface area is 61.0 Å². The quantitative estimate of drug-likeness (QED) is 0.495. The van der Waals surface area contributed by atoms with Crippen molar-refractivity contribution in [2.75, 3.05) is 0 Å². The van der Waals surface area contributed by atoms with Gasteiger partial charge < -0.3 is 0 Å². The first-order chi connectivity index (χ1) is 3.31. The molecular weight excluding hydrogens is 108 g/mol. The molecular formula is C9H22. The van der Waals surface area contributed by atoms with Gasteiger partial charge in [0, 0.05) is 0 Å². The Morgan fingerprint density at radius 3 is 1.89 bits per heavy atom. The van der Waals surface area contributed by atoms with Crippen LogP contribution in [0.25, 0.3) is 0 Å². The van der Waals surface area contributed by atoms with Crippen LogP contribution >= 0.6 is 0 Å². The van der Waals surface area contributed by atoms with Crippen molar-refractivity contribution in [3.8, 4) is 0 Å². The lowest BCUT2D eigenvalue weighted by Gasteiger charge is -1.91. The van der Waals surface area contributed by atoms with Gasteiger partial charge >= 0.3 is 0 Å². The van der Waals surface area contributed by atoms with E-state index in [2.05, 4.69) is 26.8 Å². The molecule has 0 spiro atoms. The third kappa shape index (κ3) is 11.4. The molecule has 9 heavy (non-hydrogen) atoms. The largest absolute Gasteiger partial charge is 0.0887 e. The third-order valence-corrected chi connectivity index (χ3v) is 1.14. The van der Waals surface area contributed by atoms with Gasteiger partial charge in [0.25, 0.3) is 0 Å². The van der Waals surface area contributed by atoms with E-state index in [1.807, 2.05) is 0 Å². The van der Waals surface area contributed by atoms with Gasteiger partial charge in [-0.1, -0.05) is 39.8 Å². The maximum Gasteiger partial charge on any atom is -0.0326 e. The van der Waals surface area contributed by atoms with Gasteiger partial charge in [0.1, 0.15) is 0 Å². The molecule has 0 rings (SSSR count). The zero-order valence-corrected chi connectivity index (χ0v) is 5.49. The molecule has 0 bridgehead atoms. The zero-order valence-electron chi connectivity index (χ0n) is 5.49. The van der Waals surface area contributed by atoms with Gasteiger partial charge in [0.2, 0.25) is 0 Å². The summed E-state index contributed by atoms with van der Waals surface area (Å²) in [7, 11) is 0. The number of allylic oxidation sites excluding steroid dienone is 2. The van der Waals surface area contributed by atoms with Crippen molar-refractivity contribution in [1.29, 1.82) is 0 Å². The van der Waals surface area contributed by atoms with Crippen LogP contribution in [0, 0.1) is 0 Å². The molecule has 0 saturated carbocycles. The molecule has 0 nitrogen and oxygen atoms in total. The van der Waals surface area contributed by atoms with Crippen molar-refractivity contribution < 1.29 is 0 Å². The topological polar surface area (TPSA) is 0 Å². The summed E-state index contributed by atoms with van der Waals surface area (Å²) >= 11 is 0. The fraction of sp³-hybridized carbons (Fsp3) is 0.778. The summed E-state index contributed by atoms with van der Waals surface area (Å²) in [6.45, 7) is 6.46. The van der Waals surface area contributed by atoms with E-state index in [4.69, 9.17) is 0 Å². The van der Waals surface area contributed by atoms with Gasteiger partial charge in [0.15, 0.2) is 0 Å². The fourth-order valence-corrected chi connectivity index (χ4v) is 0.539. The molecule has 0 radical (unpaired) electrons. The number of rotatable bonds is 2. The van der Waals surface area contributed by atoms with Gasteiger partial charge in [-0.05, 0) is 20.3 Å². The lowest BCUT2D eigenvalue weighted by atomic mass is 10.2. The maximum atomic E-state index is 2.20. The van der Waals surface area contributed by atoms with Crippen LogP contribution in [0.2, 0.25) is 0 Å². The molecule has 0 aromatic rings. The van der Waals surface area contributed by atoms with Crippen molar-refractivity contribution in [1.82, 2.24) is 0 Å². The summed E-state index contributed by atoms with van der Waals surface area (Å²) in [5.74, 6) is 0. The highest BCUT2D eigenvalue weighted by Crippen LogP contribution is 2.00. The van der Waals surface area contributed by atoms with Gasteiger partial charge in [-0.15, -0.1) is 0 Å². The van der Waals surface area contributed by atoms with Gasteiger partial charge in [-0.25, -0.2) is 0 Å². The second-order valence-corrected chi connectivity index (χ2v) is 1.89. The minimum Gasteiger partial charge on any atom is -0.0887 e. The molecule has 0 heterocycles. The van der Waals surface area contributed by atoms with E-state index in [1.165, 1.54) is 18.4 Å². The molecule has 0 fully saturated rings. The average molecular weight is 130 g/mol. The van der Waals surface area contributed by atoms with Crippen LogP contribution in [0.3, 0.4) is 0 Å². The Bertz CT molecular complexity index is 60.4. The molecule has 0 aromatic carbocycles. The van der Waals surface area contributed by atoms with Crippen LogP contribution in [-0.4, -0.2) is 0 Å². The van der Waals surface area contributed by atoms with E-state index in [1.54, 1.807) is 0 Å². The molecule has 0 aliphatic heterocycles. The highest BCUT2D eigenvalue weighted by atomic mass is 13.9. The summed E-state index contributed by atoms with van der Waals surface area (Å²) in [5, 5.41) is 0. The van der Waals surface area contributed by atoms with E-state index < -0.39 is 0 Å². The Balaban J connectivity index is -0.000000180. The second-order valence-electron chi connectivity index (χ2n) is 1.89. The standard InChI is InChI=1S/C7H14.2CH4/c1-4-6-7(3)5-2;;/h5H,4,6H2,1-3H3;2*1H4/b7-5+;;. The van der Waals surface area contributed by atoms with Gasteiger partial charge in [-0.3, -0.25) is 0 Å². The summed E-state index contributed by atoms with van der Waals surface area (Å²) in [4.78, 5) is 0. The highest BCUT2D eigenvalue weighted by Gasteiger charge is 1.79. The number of hydrogen-bond donors (Lipinski definition) is 0. The van der Waals surface area contributed by atoms with Crippen LogP contribution in [0.1, 0.15) is 48.5 Å². The van der Waals surface area contributed by atoms with Gasteiger partial charge in [0.05, 0.1) is 0 Å². The monoisotopic (exact) mass is 130 g/mol. The third-order valence-electron chi connectivity index (χ3n) is 1.14. The first-order valence-electron chi connectivity index (χ1n) is 2.93. The van der Waals surface area contributed by atoms with Crippen LogP contribution in [-0.2, 0) is 0 Å². The maximum absolute atomic E-state index is 2.20. The smallest absolute Gasteiger partial charge is 0.0326 e. The van der Waals surface area contributed by atoms with Gasteiger partial charge in [-0.2, -0.15) is 0 Å². The van der Waals surface area contributed by atoms with Crippen molar-refractivity contribution >= 4 is 0 Å². The van der Waals surface area contributed by atoms with E-state index in [0.29, 0.717) is 0 Å². The summed E-state index contributed by atoms with van der Waals surface area (Å²) in [5.41, 5.74) is 1.50. The molecule has 0 aliphatic carbocycles. The second kappa shape index (κ2) is 10.7. The Morgan fingerprint density at radius 1 is 1.33 bits per heavy atom. The molecule has 0 unspecified atom stereocenters. The Hall–Kier alpha value is -0.260. The SMILES string of the molecule is C.C.C/C=C(\C)CCC. The molecule has 0 N–H and O–H groups in total. The summed E-state index contributed by atoms with van der Waals surface area (Å²) in [6, 6.07) is 0. The highest BCUT2D eigenvalue weighted by molar-refractivity contribution is 4.94. The predicted octanol–water partition coefficient (Wildman–Crippen LogP) is 4.02. The minimum atomic E-state index is 0. The molecule has 58 valence electrons. The first-order valence-corrected chi connectivity index (χ1v) is 2.93. The van der Waals surface area contributed by atoms with Crippen LogP contribution < -0.4 is 0 Å². The fourth-order valence-electron chi connectivity index (χ4n) is 0.539. The Morgan fingerprint density at radius 2 is 1.78 bits per heavy atom. The van der Waals surface area contributed by atoms with Crippen LogP contribution in [0.15, 0.2) is 11.6 Å². The number of hydrogen-bond acceptors (Lipinski definition) is 0. The van der Waals surface area contributed by atoms with E-state index >= 15 is 0 Å². The van der Waals surface area contributed by atoms with Crippen molar-refractivity contribution in [2.45, 2.75) is 48.5 Å². The molecule has 0 aliphatic rings. The van der Waals surface area contributed by atoms with Crippen LogP contribution in [0.4, 0.5) is 0 Å². The normalized spacial score (nSPS) is 9.44. The predicted molar refractivity (Wildman–Crippen MR) is 47.8 cm³/mol. The molecule has 0 atom stereocenters. The minimum absolute atomic E-state index is 0. The Kier molecular flexibility index (Phi) is 18.8.